The summed E-state index contributed by atoms with van der Waals surface area (Å²) in [5, 5.41) is 16.0. The second-order valence-corrected chi connectivity index (χ2v) is 8.45. The van der Waals surface area contributed by atoms with E-state index in [4.69, 9.17) is 6.57 Å². The topological polar surface area (TPSA) is 28.1 Å². The van der Waals surface area contributed by atoms with E-state index in [1.165, 1.54) is 10.8 Å². The molecule has 0 radical (unpaired) electrons. The third-order valence-corrected chi connectivity index (χ3v) is 6.57. The number of hydrogen-bond donors (Lipinski definition) is 0. The van der Waals surface area contributed by atoms with Crippen molar-refractivity contribution in [2.75, 3.05) is 0 Å². The average Bonchev–Trinajstić information content (AvgIpc) is 2.91. The minimum absolute atomic E-state index is 0.125. The summed E-state index contributed by atoms with van der Waals surface area (Å²) in [6, 6.07) is 36.0. The van der Waals surface area contributed by atoms with Crippen molar-refractivity contribution in [1.29, 1.82) is 5.26 Å². The van der Waals surface area contributed by atoms with Crippen LogP contribution in [0.25, 0.3) is 59.4 Å². The molecule has 6 rings (SSSR count). The van der Waals surface area contributed by atoms with Gasteiger partial charge in [-0.1, -0.05) is 91.0 Å². The van der Waals surface area contributed by atoms with Gasteiger partial charge in [-0.2, -0.15) is 5.26 Å². The van der Waals surface area contributed by atoms with Crippen LogP contribution in [0.4, 0.5) is 10.1 Å². The molecule has 0 amide bonds. The van der Waals surface area contributed by atoms with Gasteiger partial charge in [0.1, 0.15) is 11.9 Å². The summed E-state index contributed by atoms with van der Waals surface area (Å²) >= 11 is 0. The minimum atomic E-state index is -0.771. The summed E-state index contributed by atoms with van der Waals surface area (Å²) in [5.41, 5.74) is 3.54. The fraction of sp³-hybridized carbons (Fsp3) is 0. The lowest BCUT2D eigenvalue weighted by Crippen LogP contribution is -1.93. The Balaban J connectivity index is 1.82. The van der Waals surface area contributed by atoms with Crippen LogP contribution >= 0.6 is 0 Å². The molecule has 0 bridgehead atoms. The second-order valence-electron chi connectivity index (χ2n) is 8.45. The predicted molar refractivity (Wildman–Crippen MR) is 141 cm³/mol. The summed E-state index contributed by atoms with van der Waals surface area (Å²) in [7, 11) is 0. The summed E-state index contributed by atoms with van der Waals surface area (Å²) in [6.07, 6.45) is 0. The molecule has 0 unspecified atom stereocenters. The molecule has 0 saturated heterocycles. The number of benzene rings is 6. The largest absolute Gasteiger partial charge is 0.235 e. The SMILES string of the molecule is [C-]#[N+]c1cc(-c2c3ccccc3c(-c3cccc4ccccc34)c3ccccc23)cc(C#N)c1F. The van der Waals surface area contributed by atoms with E-state index in [-0.39, 0.29) is 11.3 Å². The Kier molecular flexibility index (Phi) is 4.77. The quantitative estimate of drug-likeness (QED) is 0.192. The van der Waals surface area contributed by atoms with Crippen molar-refractivity contribution < 1.29 is 4.39 Å². The van der Waals surface area contributed by atoms with E-state index in [1.807, 2.05) is 36.4 Å². The van der Waals surface area contributed by atoms with Crippen LogP contribution < -0.4 is 0 Å². The number of rotatable bonds is 2. The van der Waals surface area contributed by atoms with Crippen molar-refractivity contribution in [3.8, 4) is 28.3 Å². The molecule has 0 atom stereocenters. The highest BCUT2D eigenvalue weighted by Gasteiger charge is 2.19. The van der Waals surface area contributed by atoms with E-state index in [2.05, 4.69) is 65.5 Å². The fourth-order valence-corrected chi connectivity index (χ4v) is 5.09. The Labute approximate surface area is 201 Å². The highest BCUT2D eigenvalue weighted by atomic mass is 19.1. The van der Waals surface area contributed by atoms with Gasteiger partial charge in [-0.15, -0.1) is 0 Å². The van der Waals surface area contributed by atoms with Crippen molar-refractivity contribution in [3.63, 3.8) is 0 Å². The van der Waals surface area contributed by atoms with Crippen LogP contribution in [0.5, 0.6) is 0 Å². The summed E-state index contributed by atoms with van der Waals surface area (Å²) < 4.78 is 14.6. The smallest absolute Gasteiger partial charge is 0.224 e. The Morgan fingerprint density at radius 2 is 1.20 bits per heavy atom. The normalized spacial score (nSPS) is 10.9. The first kappa shape index (κ1) is 20.6. The van der Waals surface area contributed by atoms with Crippen LogP contribution in [0.1, 0.15) is 5.56 Å². The molecule has 162 valence electrons. The van der Waals surface area contributed by atoms with Crippen molar-refractivity contribution in [3.05, 3.63) is 126 Å². The molecule has 0 aliphatic carbocycles. The third kappa shape index (κ3) is 3.15. The van der Waals surface area contributed by atoms with Gasteiger partial charge in [0.05, 0.1) is 12.1 Å². The number of halogens is 1. The van der Waals surface area contributed by atoms with Crippen molar-refractivity contribution in [2.45, 2.75) is 0 Å². The van der Waals surface area contributed by atoms with Gasteiger partial charge in [0.25, 0.3) is 0 Å². The Bertz CT molecular complexity index is 1790. The number of hydrogen-bond acceptors (Lipinski definition) is 1. The monoisotopic (exact) mass is 448 g/mol. The van der Waals surface area contributed by atoms with E-state index < -0.39 is 5.82 Å². The van der Waals surface area contributed by atoms with Gasteiger partial charge in [-0.3, -0.25) is 0 Å². The zero-order chi connectivity index (χ0) is 23.9. The maximum atomic E-state index is 14.6. The van der Waals surface area contributed by atoms with E-state index in [9.17, 15) is 9.65 Å². The first-order chi connectivity index (χ1) is 17.2. The van der Waals surface area contributed by atoms with Crippen LogP contribution in [-0.2, 0) is 0 Å². The molecular formula is C32H17FN2. The first-order valence-electron chi connectivity index (χ1n) is 11.2. The Morgan fingerprint density at radius 1 is 0.657 bits per heavy atom. The van der Waals surface area contributed by atoms with E-state index in [0.29, 0.717) is 5.56 Å². The molecule has 0 aliphatic heterocycles. The lowest BCUT2D eigenvalue weighted by atomic mass is 9.84. The van der Waals surface area contributed by atoms with Gasteiger partial charge in [0, 0.05) is 0 Å². The molecule has 0 fully saturated rings. The maximum absolute atomic E-state index is 14.6. The zero-order valence-corrected chi connectivity index (χ0v) is 18.6. The fourth-order valence-electron chi connectivity index (χ4n) is 5.09. The first-order valence-corrected chi connectivity index (χ1v) is 11.2. The van der Waals surface area contributed by atoms with Crippen LogP contribution in [0, 0.1) is 23.7 Å². The molecule has 0 saturated carbocycles. The van der Waals surface area contributed by atoms with E-state index >= 15 is 0 Å². The summed E-state index contributed by atoms with van der Waals surface area (Å²) in [4.78, 5) is 3.35. The number of nitrogens with zero attached hydrogens (tertiary/aromatic N) is 2. The highest BCUT2D eigenvalue weighted by molar-refractivity contribution is 6.23. The minimum Gasteiger partial charge on any atom is -0.235 e. The van der Waals surface area contributed by atoms with E-state index in [1.54, 1.807) is 12.1 Å². The van der Waals surface area contributed by atoms with Crippen LogP contribution in [0.15, 0.2) is 103 Å². The van der Waals surface area contributed by atoms with Crippen LogP contribution in [0.2, 0.25) is 0 Å². The summed E-state index contributed by atoms with van der Waals surface area (Å²) in [5.74, 6) is -0.771. The Hall–Kier alpha value is -4.99. The molecule has 6 aromatic rings. The highest BCUT2D eigenvalue weighted by Crippen LogP contribution is 2.46. The van der Waals surface area contributed by atoms with Gasteiger partial charge in [0.15, 0.2) is 0 Å². The van der Waals surface area contributed by atoms with Crippen molar-refractivity contribution >= 4 is 38.0 Å². The van der Waals surface area contributed by atoms with Gasteiger partial charge >= 0.3 is 0 Å². The van der Waals surface area contributed by atoms with Gasteiger partial charge < -0.3 is 0 Å². The van der Waals surface area contributed by atoms with Gasteiger partial charge in [-0.25, -0.2) is 9.24 Å². The van der Waals surface area contributed by atoms with E-state index in [0.717, 1.165) is 38.2 Å². The van der Waals surface area contributed by atoms with Crippen molar-refractivity contribution in [1.82, 2.24) is 0 Å². The molecule has 6 aromatic carbocycles. The average molecular weight is 449 g/mol. The van der Waals surface area contributed by atoms with Crippen LogP contribution in [-0.4, -0.2) is 0 Å². The third-order valence-electron chi connectivity index (χ3n) is 6.57. The van der Waals surface area contributed by atoms with Gasteiger partial charge in [-0.05, 0) is 66.7 Å². The molecular weight excluding hydrogens is 431 g/mol. The number of nitriles is 1. The zero-order valence-electron chi connectivity index (χ0n) is 18.6. The van der Waals surface area contributed by atoms with Gasteiger partial charge in [0.2, 0.25) is 5.69 Å². The summed E-state index contributed by atoms with van der Waals surface area (Å²) in [6.45, 7) is 7.44. The molecule has 0 spiro atoms. The van der Waals surface area contributed by atoms with Crippen molar-refractivity contribution in [2.24, 2.45) is 0 Å². The molecule has 35 heavy (non-hydrogen) atoms. The molecule has 0 heterocycles. The lowest BCUT2D eigenvalue weighted by molar-refractivity contribution is 0.630. The lowest BCUT2D eigenvalue weighted by Gasteiger charge is -2.19. The van der Waals surface area contributed by atoms with Crippen LogP contribution in [0.3, 0.4) is 0 Å². The standard InChI is InChI=1S/C32H17FN2/c1-35-29-18-21(17-22(19-34)32(29)33)30-25-12-4-6-14-27(25)31(28-15-7-5-13-26(28)30)24-16-8-10-20-9-2-3-11-23(20)24/h2-18H. The number of fused-ring (bicyclic) bond motifs is 3. The Morgan fingerprint density at radius 3 is 1.80 bits per heavy atom. The molecule has 2 nitrogen and oxygen atoms in total. The second kappa shape index (κ2) is 8.10. The molecule has 0 aromatic heterocycles. The molecule has 0 N–H and O–H groups in total. The molecule has 3 heteroatoms. The molecule has 0 aliphatic rings. The maximum Gasteiger partial charge on any atom is 0.224 e. The predicted octanol–water partition coefficient (Wildman–Crippen LogP) is 9.04.